The van der Waals surface area contributed by atoms with E-state index in [4.69, 9.17) is 16.3 Å². The van der Waals surface area contributed by atoms with Crippen LogP contribution in [0.4, 0.5) is 9.52 Å². The van der Waals surface area contributed by atoms with Crippen molar-refractivity contribution in [2.45, 2.75) is 13.3 Å². The van der Waals surface area contributed by atoms with Gasteiger partial charge in [-0.2, -0.15) is 13.1 Å². The molecule has 2 aromatic rings. The Hall–Kier alpha value is -1.63. The number of nitrogens with one attached hydrogen (secondary N) is 1. The number of hydrogen-bond donors (Lipinski definition) is 1. The van der Waals surface area contributed by atoms with E-state index in [9.17, 15) is 17.6 Å². The number of amides is 1. The number of benzene rings is 1. The van der Waals surface area contributed by atoms with Crippen LogP contribution in [0.5, 0.6) is 0 Å². The number of methoxy groups -OCH3 is 1. The molecule has 0 aliphatic rings. The van der Waals surface area contributed by atoms with Gasteiger partial charge in [0.05, 0.1) is 23.9 Å². The summed E-state index contributed by atoms with van der Waals surface area (Å²) >= 11 is 7.11. The van der Waals surface area contributed by atoms with Gasteiger partial charge in [-0.1, -0.05) is 17.7 Å². The number of ether oxygens (including phenoxy) is 1. The summed E-state index contributed by atoms with van der Waals surface area (Å²) < 4.78 is 47.8. The zero-order valence-corrected chi connectivity index (χ0v) is 18.5. The molecule has 0 bridgehead atoms. The minimum atomic E-state index is -3.99. The first-order valence-electron chi connectivity index (χ1n) is 8.44. The first-order valence-corrected chi connectivity index (χ1v) is 11.0. The molecule has 1 aromatic carbocycles. The predicted molar refractivity (Wildman–Crippen MR) is 109 cm³/mol. The van der Waals surface area contributed by atoms with Crippen molar-refractivity contribution in [1.82, 2.24) is 9.71 Å². The van der Waals surface area contributed by atoms with E-state index in [-0.39, 0.29) is 18.2 Å². The first kappa shape index (κ1) is 23.6. The third-order valence-corrected chi connectivity index (χ3v) is 6.27. The SMILES string of the molecule is CNS(=O)(=O)OCC(=O)N(CCOC)c1nc(C)c(Cc2ccc(F)c(Cl)c2)s1. The van der Waals surface area contributed by atoms with Crippen molar-refractivity contribution in [3.63, 3.8) is 0 Å². The molecule has 0 aliphatic carbocycles. The van der Waals surface area contributed by atoms with Crippen LogP contribution in [0.25, 0.3) is 0 Å². The van der Waals surface area contributed by atoms with Gasteiger partial charge >= 0.3 is 10.3 Å². The molecule has 160 valence electrons. The molecule has 0 saturated carbocycles. The summed E-state index contributed by atoms with van der Waals surface area (Å²) in [5, 5.41) is 0.419. The summed E-state index contributed by atoms with van der Waals surface area (Å²) in [5.74, 6) is -1.07. The van der Waals surface area contributed by atoms with Gasteiger partial charge < -0.3 is 4.74 Å². The van der Waals surface area contributed by atoms with E-state index in [1.54, 1.807) is 19.1 Å². The fraction of sp³-hybridized carbons (Fsp3) is 0.412. The lowest BCUT2D eigenvalue weighted by atomic mass is 10.1. The second-order valence-corrected chi connectivity index (χ2v) is 8.91. The van der Waals surface area contributed by atoms with Crippen molar-refractivity contribution < 1.29 is 26.5 Å². The minimum Gasteiger partial charge on any atom is -0.383 e. The van der Waals surface area contributed by atoms with Gasteiger partial charge in [0.2, 0.25) is 0 Å². The Morgan fingerprint density at radius 2 is 2.14 bits per heavy atom. The van der Waals surface area contributed by atoms with Crippen molar-refractivity contribution in [3.05, 3.63) is 45.2 Å². The van der Waals surface area contributed by atoms with E-state index in [1.165, 1.54) is 36.5 Å². The Morgan fingerprint density at radius 3 is 2.76 bits per heavy atom. The van der Waals surface area contributed by atoms with Crippen molar-refractivity contribution in [1.29, 1.82) is 0 Å². The maximum Gasteiger partial charge on any atom is 0.336 e. The Balaban J connectivity index is 2.21. The lowest BCUT2D eigenvalue weighted by Gasteiger charge is -2.19. The Morgan fingerprint density at radius 1 is 1.41 bits per heavy atom. The van der Waals surface area contributed by atoms with Crippen molar-refractivity contribution in [2.24, 2.45) is 0 Å². The number of aromatic nitrogens is 1. The summed E-state index contributed by atoms with van der Waals surface area (Å²) in [4.78, 5) is 19.1. The summed E-state index contributed by atoms with van der Waals surface area (Å²) in [7, 11) is -1.32. The van der Waals surface area contributed by atoms with E-state index in [2.05, 4.69) is 9.17 Å². The average Bonchev–Trinajstić information content (AvgIpc) is 3.03. The standard InChI is InChI=1S/C17H21ClFN3O5S2/c1-11-15(9-12-4-5-14(19)13(18)8-12)28-17(21-11)22(6-7-26-3)16(23)10-27-29(24,25)20-2/h4-5,8,20H,6-7,9-10H2,1-3H3. The van der Waals surface area contributed by atoms with Crippen LogP contribution in [-0.4, -0.2) is 53.2 Å². The molecule has 1 aromatic heterocycles. The quantitative estimate of drug-likeness (QED) is 0.578. The predicted octanol–water partition coefficient (Wildman–Crippen LogP) is 2.30. The summed E-state index contributed by atoms with van der Waals surface area (Å²) in [5.41, 5.74) is 1.50. The topological polar surface area (TPSA) is 97.8 Å². The highest BCUT2D eigenvalue weighted by molar-refractivity contribution is 7.84. The zero-order valence-electron chi connectivity index (χ0n) is 16.1. The molecule has 0 aliphatic heterocycles. The number of anilines is 1. The normalized spacial score (nSPS) is 11.6. The highest BCUT2D eigenvalue weighted by Crippen LogP contribution is 2.29. The Labute approximate surface area is 177 Å². The summed E-state index contributed by atoms with van der Waals surface area (Å²) in [6, 6.07) is 4.47. The molecule has 29 heavy (non-hydrogen) atoms. The van der Waals surface area contributed by atoms with Crippen molar-refractivity contribution in [3.8, 4) is 0 Å². The average molecular weight is 466 g/mol. The molecule has 12 heteroatoms. The third-order valence-electron chi connectivity index (χ3n) is 3.87. The molecule has 0 radical (unpaired) electrons. The van der Waals surface area contributed by atoms with Gasteiger partial charge in [-0.05, 0) is 24.6 Å². The summed E-state index contributed by atoms with van der Waals surface area (Å²) in [6.45, 7) is 1.52. The number of halogens is 2. The van der Waals surface area contributed by atoms with E-state index in [0.29, 0.717) is 17.2 Å². The molecule has 8 nitrogen and oxygen atoms in total. The maximum atomic E-state index is 13.4. The van der Waals surface area contributed by atoms with Crippen molar-refractivity contribution >= 4 is 44.3 Å². The van der Waals surface area contributed by atoms with Crippen LogP contribution in [0.3, 0.4) is 0 Å². The van der Waals surface area contributed by atoms with Crippen LogP contribution in [0.15, 0.2) is 18.2 Å². The molecular formula is C17H21ClFN3O5S2. The smallest absolute Gasteiger partial charge is 0.336 e. The Kier molecular flexibility index (Phi) is 8.49. The highest BCUT2D eigenvalue weighted by atomic mass is 35.5. The monoisotopic (exact) mass is 465 g/mol. The van der Waals surface area contributed by atoms with E-state index in [1.807, 2.05) is 4.72 Å². The van der Waals surface area contributed by atoms with Gasteiger partial charge in [0, 0.05) is 25.5 Å². The number of thiazole rings is 1. The fourth-order valence-corrected chi connectivity index (χ4v) is 4.02. The second-order valence-electron chi connectivity index (χ2n) is 5.89. The number of carbonyl (C=O) groups is 1. The largest absolute Gasteiger partial charge is 0.383 e. The number of hydrogen-bond acceptors (Lipinski definition) is 7. The van der Waals surface area contributed by atoms with Gasteiger partial charge in [0.25, 0.3) is 5.91 Å². The number of rotatable bonds is 10. The van der Waals surface area contributed by atoms with Gasteiger partial charge in [-0.3, -0.25) is 9.69 Å². The zero-order chi connectivity index (χ0) is 21.6. The van der Waals surface area contributed by atoms with Crippen LogP contribution in [-0.2, 0) is 30.4 Å². The van der Waals surface area contributed by atoms with Crippen LogP contribution in [0.1, 0.15) is 16.1 Å². The van der Waals surface area contributed by atoms with E-state index >= 15 is 0 Å². The minimum absolute atomic E-state index is 0.0321. The molecule has 0 atom stereocenters. The van der Waals surface area contributed by atoms with Crippen LogP contribution >= 0.6 is 22.9 Å². The molecular weight excluding hydrogens is 445 g/mol. The lowest BCUT2D eigenvalue weighted by Crippen LogP contribution is -2.38. The van der Waals surface area contributed by atoms with Crippen LogP contribution in [0, 0.1) is 12.7 Å². The molecule has 1 amide bonds. The molecule has 2 rings (SSSR count). The van der Waals surface area contributed by atoms with E-state index in [0.717, 1.165) is 10.4 Å². The molecule has 0 unspecified atom stereocenters. The molecule has 1 N–H and O–H groups in total. The van der Waals surface area contributed by atoms with Gasteiger partial charge in [0.1, 0.15) is 12.4 Å². The molecule has 0 spiro atoms. The number of carbonyl (C=O) groups excluding carboxylic acids is 1. The van der Waals surface area contributed by atoms with Crippen LogP contribution in [0.2, 0.25) is 5.02 Å². The first-order chi connectivity index (χ1) is 13.7. The molecule has 0 fully saturated rings. The second kappa shape index (κ2) is 10.4. The highest BCUT2D eigenvalue weighted by Gasteiger charge is 2.23. The maximum absolute atomic E-state index is 13.4. The number of aryl methyl sites for hydroxylation is 1. The van der Waals surface area contributed by atoms with Crippen LogP contribution < -0.4 is 9.62 Å². The van der Waals surface area contributed by atoms with Gasteiger partial charge in [0.15, 0.2) is 5.13 Å². The third kappa shape index (κ3) is 6.69. The number of nitrogens with zero attached hydrogens (tertiary/aromatic N) is 2. The van der Waals surface area contributed by atoms with Gasteiger partial charge in [-0.25, -0.2) is 13.6 Å². The molecule has 1 heterocycles. The fourth-order valence-electron chi connectivity index (χ4n) is 2.30. The van der Waals surface area contributed by atoms with Crippen molar-refractivity contribution in [2.75, 3.05) is 38.8 Å². The Bertz CT molecular complexity index is 968. The summed E-state index contributed by atoms with van der Waals surface area (Å²) in [6.07, 6.45) is 0.459. The van der Waals surface area contributed by atoms with Gasteiger partial charge in [-0.15, -0.1) is 11.3 Å². The van der Waals surface area contributed by atoms with E-state index < -0.39 is 28.6 Å². The lowest BCUT2D eigenvalue weighted by molar-refractivity contribution is -0.120. The molecule has 0 saturated heterocycles.